The molecule has 20 heavy (non-hydrogen) atoms. The molecule has 0 bridgehead atoms. The number of methoxy groups -OCH3 is 1. The molecule has 1 heterocycles. The average molecular weight is 286 g/mol. The first-order valence-electron chi connectivity index (χ1n) is 6.35. The largest absolute Gasteiger partial charge is 0.461 e. The third-order valence-electron chi connectivity index (χ3n) is 2.20. The van der Waals surface area contributed by atoms with Gasteiger partial charge in [0.2, 0.25) is 11.9 Å². The first-order valence-corrected chi connectivity index (χ1v) is 6.35. The van der Waals surface area contributed by atoms with Crippen LogP contribution >= 0.6 is 0 Å². The molecule has 0 spiro atoms. The van der Waals surface area contributed by atoms with E-state index in [1.165, 1.54) is 7.11 Å². The molecule has 0 aromatic carbocycles. The van der Waals surface area contributed by atoms with Crippen molar-refractivity contribution in [1.82, 2.24) is 15.0 Å². The zero-order valence-electron chi connectivity index (χ0n) is 12.0. The van der Waals surface area contributed by atoms with Gasteiger partial charge < -0.3 is 19.9 Å². The van der Waals surface area contributed by atoms with Crippen LogP contribution in [0.4, 0.5) is 11.9 Å². The van der Waals surface area contributed by atoms with Gasteiger partial charge in [0.15, 0.2) is 0 Å². The lowest BCUT2D eigenvalue weighted by atomic mass is 10.3. The van der Waals surface area contributed by atoms with E-state index in [0.29, 0.717) is 18.9 Å². The van der Waals surface area contributed by atoms with E-state index in [1.807, 2.05) is 13.8 Å². The van der Waals surface area contributed by atoms with Crippen molar-refractivity contribution in [3.05, 3.63) is 0 Å². The molecule has 114 valence electrons. The maximum Gasteiger partial charge on any atom is 0.323 e. The van der Waals surface area contributed by atoms with Crippen LogP contribution in [0, 0.1) is 0 Å². The van der Waals surface area contributed by atoms with Crippen molar-refractivity contribution >= 4 is 11.9 Å². The van der Waals surface area contributed by atoms with Gasteiger partial charge in [-0.05, 0) is 20.3 Å². The highest BCUT2D eigenvalue weighted by Crippen LogP contribution is 2.11. The normalized spacial score (nSPS) is 12.3. The van der Waals surface area contributed by atoms with Crippen LogP contribution in [0.25, 0.3) is 0 Å². The summed E-state index contributed by atoms with van der Waals surface area (Å²) in [5, 5.41) is 12.5. The van der Waals surface area contributed by atoms with Crippen molar-refractivity contribution in [3.8, 4) is 6.01 Å². The molecule has 5 N–H and O–H groups in total. The number of aliphatic hydroxyl groups is 1. The molecular weight excluding hydrogens is 264 g/mol. The highest BCUT2D eigenvalue weighted by atomic mass is 16.5. The quantitative estimate of drug-likeness (QED) is 0.359. The summed E-state index contributed by atoms with van der Waals surface area (Å²) in [6.07, 6.45) is -0.0853. The zero-order valence-corrected chi connectivity index (χ0v) is 12.0. The Hall–Kier alpha value is -1.71. The Morgan fingerprint density at radius 2 is 1.95 bits per heavy atom. The molecule has 0 saturated carbocycles. The predicted octanol–water partition coefficient (Wildman–Crippen LogP) is -0.246. The van der Waals surface area contributed by atoms with Gasteiger partial charge in [-0.1, -0.05) is 0 Å². The molecule has 0 radical (unpaired) electrons. The van der Waals surface area contributed by atoms with Crippen molar-refractivity contribution in [2.75, 3.05) is 31.0 Å². The van der Waals surface area contributed by atoms with E-state index in [-0.39, 0.29) is 24.7 Å². The van der Waals surface area contributed by atoms with Gasteiger partial charge in [0.1, 0.15) is 0 Å². The maximum atomic E-state index is 9.53. The van der Waals surface area contributed by atoms with Gasteiger partial charge in [-0.3, -0.25) is 5.43 Å². The van der Waals surface area contributed by atoms with Gasteiger partial charge in [-0.15, -0.1) is 0 Å². The van der Waals surface area contributed by atoms with Gasteiger partial charge in [-0.2, -0.15) is 15.0 Å². The van der Waals surface area contributed by atoms with E-state index in [4.69, 9.17) is 15.3 Å². The van der Waals surface area contributed by atoms with E-state index in [0.717, 1.165) is 0 Å². The Labute approximate surface area is 117 Å². The van der Waals surface area contributed by atoms with Gasteiger partial charge >= 0.3 is 6.01 Å². The van der Waals surface area contributed by atoms with Gasteiger partial charge in [0, 0.05) is 13.7 Å². The van der Waals surface area contributed by atoms with E-state index < -0.39 is 6.10 Å². The minimum absolute atomic E-state index is 0.0561. The van der Waals surface area contributed by atoms with Crippen LogP contribution in [0.5, 0.6) is 6.01 Å². The first-order chi connectivity index (χ1) is 9.55. The van der Waals surface area contributed by atoms with Crippen molar-refractivity contribution in [2.24, 2.45) is 5.84 Å². The fourth-order valence-electron chi connectivity index (χ4n) is 1.39. The van der Waals surface area contributed by atoms with Crippen LogP contribution < -0.4 is 21.3 Å². The lowest BCUT2D eigenvalue weighted by Gasteiger charge is -2.12. The highest BCUT2D eigenvalue weighted by molar-refractivity contribution is 5.34. The second kappa shape index (κ2) is 8.46. The smallest absolute Gasteiger partial charge is 0.323 e. The maximum absolute atomic E-state index is 9.53. The fourth-order valence-corrected chi connectivity index (χ4v) is 1.39. The van der Waals surface area contributed by atoms with Crippen molar-refractivity contribution in [1.29, 1.82) is 0 Å². The summed E-state index contributed by atoms with van der Waals surface area (Å²) in [5.74, 6) is 5.82. The van der Waals surface area contributed by atoms with Gasteiger partial charge in [0.05, 0.1) is 18.8 Å². The molecule has 1 unspecified atom stereocenters. The second-order valence-electron chi connectivity index (χ2n) is 4.40. The number of nitrogen functional groups attached to an aromatic ring is 1. The molecule has 0 aliphatic rings. The molecule has 9 nitrogen and oxygen atoms in total. The van der Waals surface area contributed by atoms with Crippen molar-refractivity contribution < 1.29 is 14.6 Å². The summed E-state index contributed by atoms with van der Waals surface area (Å²) < 4.78 is 10.2. The minimum atomic E-state index is -0.534. The standard InChI is InChI=1S/C11H22N6O3/c1-7(2)20-11-15-9(14-10(16-11)17-12)13-5-4-8(18)6-19-3/h7-8,18H,4-6,12H2,1-3H3,(H2,13,14,15,16,17). The molecule has 0 saturated heterocycles. The number of aliphatic hydroxyl groups excluding tert-OH is 1. The SMILES string of the molecule is COCC(O)CCNc1nc(NN)nc(OC(C)C)n1. The van der Waals surface area contributed by atoms with Gasteiger partial charge in [0.25, 0.3) is 0 Å². The molecule has 1 atom stereocenters. The number of nitrogens with zero attached hydrogens (tertiary/aromatic N) is 3. The third kappa shape index (κ3) is 5.95. The zero-order chi connectivity index (χ0) is 15.0. The Kier molecular flexibility index (Phi) is 6.91. The van der Waals surface area contributed by atoms with Crippen molar-refractivity contribution in [3.63, 3.8) is 0 Å². The fraction of sp³-hybridized carbons (Fsp3) is 0.727. The van der Waals surface area contributed by atoms with E-state index >= 15 is 0 Å². The molecule has 0 fully saturated rings. The molecule has 0 amide bonds. The third-order valence-corrected chi connectivity index (χ3v) is 2.20. The summed E-state index contributed by atoms with van der Waals surface area (Å²) in [7, 11) is 1.54. The van der Waals surface area contributed by atoms with E-state index in [9.17, 15) is 5.11 Å². The summed E-state index contributed by atoms with van der Waals surface area (Å²) in [5.41, 5.74) is 2.35. The summed E-state index contributed by atoms with van der Waals surface area (Å²) in [4.78, 5) is 12.1. The summed E-state index contributed by atoms with van der Waals surface area (Å²) in [6, 6.07) is 0.183. The van der Waals surface area contributed by atoms with Crippen LogP contribution in [0.2, 0.25) is 0 Å². The van der Waals surface area contributed by atoms with E-state index in [2.05, 4.69) is 25.7 Å². The van der Waals surface area contributed by atoms with Gasteiger partial charge in [-0.25, -0.2) is 5.84 Å². The molecule has 1 aromatic rings. The summed E-state index contributed by atoms with van der Waals surface area (Å²) in [6.45, 7) is 4.51. The number of rotatable bonds is 9. The highest BCUT2D eigenvalue weighted by Gasteiger charge is 2.09. The summed E-state index contributed by atoms with van der Waals surface area (Å²) >= 11 is 0. The molecule has 0 aliphatic carbocycles. The molecule has 1 aromatic heterocycles. The number of ether oxygens (including phenoxy) is 2. The Balaban J connectivity index is 2.59. The predicted molar refractivity (Wildman–Crippen MR) is 74.4 cm³/mol. The molecule has 9 heteroatoms. The van der Waals surface area contributed by atoms with E-state index in [1.54, 1.807) is 0 Å². The number of hydrogen-bond acceptors (Lipinski definition) is 9. The Morgan fingerprint density at radius 1 is 1.25 bits per heavy atom. The first kappa shape index (κ1) is 16.3. The van der Waals surface area contributed by atoms with Crippen LogP contribution in [-0.4, -0.2) is 52.5 Å². The Morgan fingerprint density at radius 3 is 2.55 bits per heavy atom. The number of nitrogens with one attached hydrogen (secondary N) is 2. The minimum Gasteiger partial charge on any atom is -0.461 e. The number of aromatic nitrogens is 3. The van der Waals surface area contributed by atoms with Crippen LogP contribution in [0.1, 0.15) is 20.3 Å². The molecular formula is C11H22N6O3. The number of hydrogen-bond donors (Lipinski definition) is 4. The van der Waals surface area contributed by atoms with Crippen LogP contribution in [-0.2, 0) is 4.74 Å². The van der Waals surface area contributed by atoms with Crippen LogP contribution in [0.3, 0.4) is 0 Å². The second-order valence-corrected chi connectivity index (χ2v) is 4.40. The monoisotopic (exact) mass is 286 g/mol. The average Bonchev–Trinajstić information content (AvgIpc) is 2.38. The number of anilines is 2. The topological polar surface area (TPSA) is 127 Å². The number of nitrogens with two attached hydrogens (primary N) is 1. The lowest BCUT2D eigenvalue weighted by molar-refractivity contribution is 0.0615. The van der Waals surface area contributed by atoms with Crippen molar-refractivity contribution in [2.45, 2.75) is 32.5 Å². The van der Waals surface area contributed by atoms with Crippen LogP contribution in [0.15, 0.2) is 0 Å². The molecule has 0 aliphatic heterocycles. The molecule has 1 rings (SSSR count). The lowest BCUT2D eigenvalue weighted by Crippen LogP contribution is -2.20. The Bertz CT molecular complexity index is 404. The number of hydrazine groups is 1.